The molecule has 9 heteroatoms. The van der Waals surface area contributed by atoms with Crippen LogP contribution in [0.2, 0.25) is 0 Å². The maximum atomic E-state index is 12.9. The molecule has 1 aliphatic heterocycles. The summed E-state index contributed by atoms with van der Waals surface area (Å²) < 4.78 is 72.0. The molecule has 30 heavy (non-hydrogen) atoms. The molecule has 1 saturated heterocycles. The Labute approximate surface area is 174 Å². The van der Waals surface area contributed by atoms with Gasteiger partial charge in [0.1, 0.15) is 5.75 Å². The first-order valence-electron chi connectivity index (χ1n) is 9.70. The molecule has 164 valence electrons. The lowest BCUT2D eigenvalue weighted by Gasteiger charge is -2.29. The average molecular weight is 443 g/mol. The summed E-state index contributed by atoms with van der Waals surface area (Å²) in [5, 5.41) is 0. The number of halogens is 3. The van der Waals surface area contributed by atoms with Crippen molar-refractivity contribution in [2.75, 3.05) is 26.7 Å². The molecule has 0 radical (unpaired) electrons. The minimum absolute atomic E-state index is 0.0901. The summed E-state index contributed by atoms with van der Waals surface area (Å²) in [4.78, 5) is 2.20. The van der Waals surface area contributed by atoms with Crippen LogP contribution in [0.15, 0.2) is 48.5 Å². The first-order valence-corrected chi connectivity index (χ1v) is 11.4. The van der Waals surface area contributed by atoms with Gasteiger partial charge in [-0.05, 0) is 43.6 Å². The molecule has 0 amide bonds. The van der Waals surface area contributed by atoms with Crippen molar-refractivity contribution in [3.8, 4) is 5.75 Å². The summed E-state index contributed by atoms with van der Waals surface area (Å²) in [6.07, 6.45) is -2.46. The average Bonchev–Trinajstić information content (AvgIpc) is 3.22. The van der Waals surface area contributed by atoms with Gasteiger partial charge in [0.25, 0.3) is 0 Å². The van der Waals surface area contributed by atoms with Gasteiger partial charge in [-0.2, -0.15) is 13.2 Å². The number of likely N-dealkylation sites (tertiary alicyclic amines) is 1. The first-order chi connectivity index (χ1) is 14.2. The summed E-state index contributed by atoms with van der Waals surface area (Å²) >= 11 is 0. The largest absolute Gasteiger partial charge is 0.496 e. The van der Waals surface area contributed by atoms with Gasteiger partial charge in [0, 0.05) is 12.1 Å². The second-order valence-corrected chi connectivity index (χ2v) is 9.11. The van der Waals surface area contributed by atoms with Gasteiger partial charge in [-0.1, -0.05) is 36.4 Å². The van der Waals surface area contributed by atoms with Crippen LogP contribution in [0.5, 0.6) is 5.75 Å². The van der Waals surface area contributed by atoms with E-state index >= 15 is 0 Å². The number of benzene rings is 2. The second-order valence-electron chi connectivity index (χ2n) is 7.31. The van der Waals surface area contributed by atoms with E-state index in [0.29, 0.717) is 5.75 Å². The Balaban J connectivity index is 1.76. The summed E-state index contributed by atoms with van der Waals surface area (Å²) in [5.41, 5.74) is 0.107. The highest BCUT2D eigenvalue weighted by Crippen LogP contribution is 2.32. The van der Waals surface area contributed by atoms with E-state index in [1.165, 1.54) is 12.1 Å². The lowest BCUT2D eigenvalue weighted by atomic mass is 10.0. The van der Waals surface area contributed by atoms with Gasteiger partial charge in [-0.25, -0.2) is 13.1 Å². The third-order valence-electron chi connectivity index (χ3n) is 5.19. The van der Waals surface area contributed by atoms with E-state index in [-0.39, 0.29) is 18.2 Å². The highest BCUT2D eigenvalue weighted by atomic mass is 32.2. The molecule has 0 unspecified atom stereocenters. The molecule has 0 bridgehead atoms. The lowest BCUT2D eigenvalue weighted by Crippen LogP contribution is -2.37. The number of methoxy groups -OCH3 is 1. The molecule has 0 aliphatic carbocycles. The van der Waals surface area contributed by atoms with Crippen molar-refractivity contribution in [3.63, 3.8) is 0 Å². The zero-order valence-electron chi connectivity index (χ0n) is 16.7. The fraction of sp³-hybridized carbons (Fsp3) is 0.429. The zero-order valence-corrected chi connectivity index (χ0v) is 17.5. The monoisotopic (exact) mass is 442 g/mol. The Morgan fingerprint density at radius 2 is 1.80 bits per heavy atom. The molecule has 1 atom stereocenters. The van der Waals surface area contributed by atoms with Crippen molar-refractivity contribution in [1.29, 1.82) is 0 Å². The lowest BCUT2D eigenvalue weighted by molar-refractivity contribution is -0.137. The van der Waals surface area contributed by atoms with Gasteiger partial charge in [-0.3, -0.25) is 4.90 Å². The minimum Gasteiger partial charge on any atom is -0.496 e. The Hall–Kier alpha value is -2.10. The molecule has 0 aromatic heterocycles. The molecule has 1 fully saturated rings. The smallest absolute Gasteiger partial charge is 0.416 e. The number of nitrogens with one attached hydrogen (secondary N) is 1. The number of hydrogen-bond donors (Lipinski definition) is 1. The van der Waals surface area contributed by atoms with E-state index in [4.69, 9.17) is 4.74 Å². The van der Waals surface area contributed by atoms with Crippen molar-refractivity contribution < 1.29 is 26.3 Å². The Morgan fingerprint density at radius 3 is 2.47 bits per heavy atom. The summed E-state index contributed by atoms with van der Waals surface area (Å²) in [6.45, 7) is 1.80. The molecule has 1 aliphatic rings. The molecule has 2 aromatic carbocycles. The maximum Gasteiger partial charge on any atom is 0.416 e. The van der Waals surface area contributed by atoms with Crippen molar-refractivity contribution in [2.24, 2.45) is 0 Å². The number of alkyl halides is 3. The van der Waals surface area contributed by atoms with Crippen LogP contribution in [0.25, 0.3) is 0 Å². The van der Waals surface area contributed by atoms with Gasteiger partial charge in [0.05, 0.1) is 24.5 Å². The van der Waals surface area contributed by atoms with Crippen LogP contribution in [-0.4, -0.2) is 40.1 Å². The highest BCUT2D eigenvalue weighted by Gasteiger charge is 2.31. The Morgan fingerprint density at radius 1 is 1.10 bits per heavy atom. The molecule has 3 rings (SSSR count). The SMILES string of the molecule is COc1ccccc1[C@H](CNS(=O)(=O)Cc1cccc(C(F)(F)F)c1)N1CCCC1. The van der Waals surface area contributed by atoms with E-state index < -0.39 is 27.5 Å². The zero-order chi connectivity index (χ0) is 21.8. The minimum atomic E-state index is -4.52. The fourth-order valence-corrected chi connectivity index (χ4v) is 4.88. The molecule has 0 saturated carbocycles. The van der Waals surface area contributed by atoms with Crippen LogP contribution >= 0.6 is 0 Å². The normalized spacial score (nSPS) is 16.5. The van der Waals surface area contributed by atoms with Gasteiger partial charge >= 0.3 is 6.18 Å². The van der Waals surface area contributed by atoms with Gasteiger partial charge < -0.3 is 4.74 Å². The van der Waals surface area contributed by atoms with Crippen LogP contribution in [0, 0.1) is 0 Å². The van der Waals surface area contributed by atoms with Gasteiger partial charge in [0.2, 0.25) is 10.0 Å². The van der Waals surface area contributed by atoms with Crippen LogP contribution in [-0.2, 0) is 22.0 Å². The number of sulfonamides is 1. The first kappa shape index (κ1) is 22.6. The number of rotatable bonds is 8. The number of para-hydroxylation sites is 1. The summed E-state index contributed by atoms with van der Waals surface area (Å²) in [6, 6.07) is 11.6. The third kappa shape index (κ3) is 5.74. The van der Waals surface area contributed by atoms with E-state index in [1.54, 1.807) is 7.11 Å². The van der Waals surface area contributed by atoms with E-state index in [1.807, 2.05) is 24.3 Å². The summed E-state index contributed by atoms with van der Waals surface area (Å²) in [5.74, 6) is 0.154. The van der Waals surface area contributed by atoms with Gasteiger partial charge in [0.15, 0.2) is 0 Å². The topological polar surface area (TPSA) is 58.6 Å². The molecule has 5 nitrogen and oxygen atoms in total. The molecule has 1 heterocycles. The number of ether oxygens (including phenoxy) is 1. The predicted octanol–water partition coefficient (Wildman–Crippen LogP) is 3.97. The highest BCUT2D eigenvalue weighted by molar-refractivity contribution is 7.88. The van der Waals surface area contributed by atoms with Crippen molar-refractivity contribution >= 4 is 10.0 Å². The van der Waals surface area contributed by atoms with E-state index in [0.717, 1.165) is 43.6 Å². The maximum absolute atomic E-state index is 12.9. The molecular formula is C21H25F3N2O3S. The van der Waals surface area contributed by atoms with Crippen LogP contribution < -0.4 is 9.46 Å². The van der Waals surface area contributed by atoms with Crippen molar-refractivity contribution in [2.45, 2.75) is 30.8 Å². The second kappa shape index (κ2) is 9.36. The van der Waals surface area contributed by atoms with Crippen LogP contribution in [0.1, 0.15) is 35.6 Å². The number of hydrogen-bond acceptors (Lipinski definition) is 4. The van der Waals surface area contributed by atoms with Crippen molar-refractivity contribution in [1.82, 2.24) is 9.62 Å². The standard InChI is InChI=1S/C21H25F3N2O3S/c1-29-20-10-3-2-9-18(20)19(26-11-4-5-12-26)14-25-30(27,28)15-16-7-6-8-17(13-16)21(22,23)24/h2-3,6-10,13,19,25H,4-5,11-12,14-15H2,1H3/t19-/m0/s1. The Bertz CT molecular complexity index is 958. The molecule has 1 N–H and O–H groups in total. The van der Waals surface area contributed by atoms with E-state index in [2.05, 4.69) is 9.62 Å². The Kier molecular flexibility index (Phi) is 7.05. The molecular weight excluding hydrogens is 417 g/mol. The van der Waals surface area contributed by atoms with Crippen LogP contribution in [0.3, 0.4) is 0 Å². The fourth-order valence-electron chi connectivity index (χ4n) is 3.74. The van der Waals surface area contributed by atoms with E-state index in [9.17, 15) is 21.6 Å². The van der Waals surface area contributed by atoms with Crippen LogP contribution in [0.4, 0.5) is 13.2 Å². The van der Waals surface area contributed by atoms with Gasteiger partial charge in [-0.15, -0.1) is 0 Å². The molecule has 0 spiro atoms. The molecule has 2 aromatic rings. The van der Waals surface area contributed by atoms with Crippen molar-refractivity contribution in [3.05, 3.63) is 65.2 Å². The predicted molar refractivity (Wildman–Crippen MR) is 109 cm³/mol. The third-order valence-corrected chi connectivity index (χ3v) is 6.51. The quantitative estimate of drug-likeness (QED) is 0.672. The summed E-state index contributed by atoms with van der Waals surface area (Å²) in [7, 11) is -2.27. The number of nitrogens with zero attached hydrogens (tertiary/aromatic N) is 1.